The van der Waals surface area contributed by atoms with E-state index in [0.717, 1.165) is 12.5 Å². The van der Waals surface area contributed by atoms with Gasteiger partial charge in [-0.15, -0.1) is 0 Å². The minimum absolute atomic E-state index is 0.0553. The summed E-state index contributed by atoms with van der Waals surface area (Å²) in [4.78, 5) is 40.8. The fourth-order valence-electron chi connectivity index (χ4n) is 5.57. The number of fused-ring (bicyclic) bond motifs is 2. The second-order valence-electron chi connectivity index (χ2n) is 9.22. The van der Waals surface area contributed by atoms with Crippen LogP contribution in [0.5, 0.6) is 5.75 Å². The van der Waals surface area contributed by atoms with Gasteiger partial charge in [0.1, 0.15) is 17.2 Å². The van der Waals surface area contributed by atoms with Gasteiger partial charge >= 0.3 is 0 Å². The van der Waals surface area contributed by atoms with Crippen molar-refractivity contribution in [1.29, 1.82) is 0 Å². The molecule has 5 rings (SSSR count). The highest BCUT2D eigenvalue weighted by Gasteiger charge is 2.59. The molecule has 1 aromatic heterocycles. The Morgan fingerprint density at radius 3 is 2.82 bits per heavy atom. The van der Waals surface area contributed by atoms with Crippen LogP contribution in [0.25, 0.3) is 0 Å². The molecule has 34 heavy (non-hydrogen) atoms. The van der Waals surface area contributed by atoms with Crippen LogP contribution in [0.3, 0.4) is 0 Å². The quantitative estimate of drug-likeness (QED) is 0.714. The summed E-state index contributed by atoms with van der Waals surface area (Å²) in [5.74, 6) is -3.62. The van der Waals surface area contributed by atoms with Crippen molar-refractivity contribution in [3.63, 3.8) is 0 Å². The Balaban J connectivity index is 1.52. The molecule has 0 bridgehead atoms. The van der Waals surface area contributed by atoms with E-state index in [-0.39, 0.29) is 41.0 Å². The Labute approximate surface area is 194 Å². The van der Waals surface area contributed by atoms with Gasteiger partial charge in [-0.3, -0.25) is 14.4 Å². The molecule has 3 atom stereocenters. The van der Waals surface area contributed by atoms with Crippen molar-refractivity contribution in [2.24, 2.45) is 0 Å². The molecule has 1 saturated carbocycles. The Kier molecular flexibility index (Phi) is 5.23. The Bertz CT molecular complexity index is 1280. The van der Waals surface area contributed by atoms with E-state index in [0.29, 0.717) is 25.9 Å². The van der Waals surface area contributed by atoms with Crippen LogP contribution in [0.2, 0.25) is 0 Å². The SMILES string of the molecule is Cc1c(F)ccc(CNC(=O)c2cn3c(c(O)c2=O)C(=O)N2[C@H](C)CCO[C@]24CCC[C@H]34)c1F. The van der Waals surface area contributed by atoms with Crippen molar-refractivity contribution in [1.82, 2.24) is 14.8 Å². The van der Waals surface area contributed by atoms with Crippen LogP contribution in [0.15, 0.2) is 23.1 Å². The molecule has 2 aromatic rings. The number of nitrogens with zero attached hydrogens (tertiary/aromatic N) is 2. The normalized spacial score (nSPS) is 25.5. The average Bonchev–Trinajstić information content (AvgIpc) is 3.22. The summed E-state index contributed by atoms with van der Waals surface area (Å²) in [5.41, 5.74) is -2.50. The zero-order valence-corrected chi connectivity index (χ0v) is 18.9. The fraction of sp³-hybridized carbons (Fsp3) is 0.458. The largest absolute Gasteiger partial charge is 0.503 e. The third-order valence-corrected chi connectivity index (χ3v) is 7.32. The summed E-state index contributed by atoms with van der Waals surface area (Å²) >= 11 is 0. The van der Waals surface area contributed by atoms with Crippen molar-refractivity contribution in [3.8, 4) is 5.75 Å². The predicted octanol–water partition coefficient (Wildman–Crippen LogP) is 2.76. The first kappa shape index (κ1) is 22.5. The van der Waals surface area contributed by atoms with Crippen LogP contribution in [0.4, 0.5) is 8.78 Å². The standard InChI is InChI=1S/C24H25F2N3O5/c1-12-7-9-34-24-8-3-4-17(24)28-11-15(20(30)21(31)19(28)23(33)29(12)24)22(32)27-10-14-5-6-16(25)13(2)18(14)26/h5-6,11-12,17,31H,3-4,7-10H2,1-2H3,(H,27,32)/t12-,17+,24+/m1/s1. The van der Waals surface area contributed by atoms with Crippen molar-refractivity contribution in [3.05, 3.63) is 62.6 Å². The highest BCUT2D eigenvalue weighted by atomic mass is 19.1. The zero-order valence-electron chi connectivity index (χ0n) is 18.9. The van der Waals surface area contributed by atoms with Crippen LogP contribution in [0, 0.1) is 18.6 Å². The van der Waals surface area contributed by atoms with Gasteiger partial charge in [-0.25, -0.2) is 8.78 Å². The number of hydrogen-bond acceptors (Lipinski definition) is 5. The highest BCUT2D eigenvalue weighted by molar-refractivity contribution is 5.99. The molecule has 1 spiro atoms. The van der Waals surface area contributed by atoms with E-state index in [1.807, 2.05) is 6.92 Å². The van der Waals surface area contributed by atoms with Gasteiger partial charge in [0.05, 0.1) is 12.6 Å². The lowest BCUT2D eigenvalue weighted by Gasteiger charge is -2.54. The number of rotatable bonds is 3. The van der Waals surface area contributed by atoms with Gasteiger partial charge in [-0.1, -0.05) is 6.07 Å². The summed E-state index contributed by atoms with van der Waals surface area (Å²) in [5, 5.41) is 13.2. The van der Waals surface area contributed by atoms with Gasteiger partial charge in [-0.2, -0.15) is 0 Å². The number of amides is 2. The number of benzene rings is 1. The van der Waals surface area contributed by atoms with Crippen molar-refractivity contribution in [2.75, 3.05) is 6.61 Å². The van der Waals surface area contributed by atoms with E-state index < -0.39 is 40.4 Å². The molecule has 2 N–H and O–H groups in total. The maximum atomic E-state index is 14.3. The number of aromatic nitrogens is 1. The average molecular weight is 473 g/mol. The number of carbonyl (C=O) groups is 2. The zero-order chi connectivity index (χ0) is 24.4. The minimum Gasteiger partial charge on any atom is -0.503 e. The molecule has 2 amide bonds. The number of halogens is 2. The summed E-state index contributed by atoms with van der Waals surface area (Å²) in [7, 11) is 0. The smallest absolute Gasteiger partial charge is 0.277 e. The van der Waals surface area contributed by atoms with E-state index in [4.69, 9.17) is 4.74 Å². The van der Waals surface area contributed by atoms with E-state index in [9.17, 15) is 28.3 Å². The predicted molar refractivity (Wildman–Crippen MR) is 116 cm³/mol. The molecule has 0 unspecified atom stereocenters. The van der Waals surface area contributed by atoms with E-state index in [1.54, 1.807) is 4.90 Å². The van der Waals surface area contributed by atoms with Gasteiger partial charge in [0.25, 0.3) is 11.8 Å². The minimum atomic E-state index is -0.982. The van der Waals surface area contributed by atoms with Crippen LogP contribution in [-0.4, -0.2) is 44.8 Å². The molecule has 1 aromatic carbocycles. The van der Waals surface area contributed by atoms with Crippen molar-refractivity contribution in [2.45, 2.75) is 63.9 Å². The van der Waals surface area contributed by atoms with Gasteiger partial charge < -0.3 is 24.6 Å². The van der Waals surface area contributed by atoms with Gasteiger partial charge in [0.2, 0.25) is 5.43 Å². The van der Waals surface area contributed by atoms with Crippen LogP contribution < -0.4 is 10.7 Å². The molecular weight excluding hydrogens is 448 g/mol. The molecule has 180 valence electrons. The lowest BCUT2D eigenvalue weighted by molar-refractivity contribution is -0.204. The maximum absolute atomic E-state index is 14.3. The topological polar surface area (TPSA) is 101 Å². The maximum Gasteiger partial charge on any atom is 0.277 e. The molecule has 8 nitrogen and oxygen atoms in total. The Hall–Kier alpha value is -3.27. The number of aromatic hydroxyl groups is 1. The molecule has 3 aliphatic rings. The molecule has 3 heterocycles. The molecule has 2 aliphatic heterocycles. The number of ether oxygens (including phenoxy) is 1. The van der Waals surface area contributed by atoms with E-state index in [2.05, 4.69) is 5.32 Å². The second-order valence-corrected chi connectivity index (χ2v) is 9.22. The van der Waals surface area contributed by atoms with Crippen LogP contribution >= 0.6 is 0 Å². The number of hydrogen-bond donors (Lipinski definition) is 2. The van der Waals surface area contributed by atoms with Crippen molar-refractivity contribution < 1.29 is 28.2 Å². The number of carbonyl (C=O) groups excluding carboxylic acids is 2. The lowest BCUT2D eigenvalue weighted by Crippen LogP contribution is -2.66. The lowest BCUT2D eigenvalue weighted by atomic mass is 9.93. The van der Waals surface area contributed by atoms with Crippen LogP contribution in [0.1, 0.15) is 70.6 Å². The second kappa shape index (κ2) is 7.90. The highest BCUT2D eigenvalue weighted by Crippen LogP contribution is 2.51. The molecule has 10 heteroatoms. The molecular formula is C24H25F2N3O5. The summed E-state index contributed by atoms with van der Waals surface area (Å²) < 4.78 is 35.5. The molecule has 0 radical (unpaired) electrons. The van der Waals surface area contributed by atoms with E-state index in [1.165, 1.54) is 23.8 Å². The number of nitrogens with one attached hydrogen (secondary N) is 1. The third-order valence-electron chi connectivity index (χ3n) is 7.32. The molecule has 2 fully saturated rings. The van der Waals surface area contributed by atoms with Gasteiger partial charge in [-0.05, 0) is 45.6 Å². The monoisotopic (exact) mass is 473 g/mol. The third kappa shape index (κ3) is 3.08. The Morgan fingerprint density at radius 1 is 1.29 bits per heavy atom. The van der Waals surface area contributed by atoms with Gasteiger partial charge in [0.15, 0.2) is 17.2 Å². The number of pyridine rings is 1. The van der Waals surface area contributed by atoms with Crippen molar-refractivity contribution >= 4 is 11.8 Å². The first-order valence-corrected chi connectivity index (χ1v) is 11.3. The first-order chi connectivity index (χ1) is 16.2. The summed E-state index contributed by atoms with van der Waals surface area (Å²) in [6, 6.07) is 1.83. The van der Waals surface area contributed by atoms with Gasteiger partial charge in [0, 0.05) is 29.9 Å². The summed E-state index contributed by atoms with van der Waals surface area (Å²) in [6.45, 7) is 3.41. The fourth-order valence-corrected chi connectivity index (χ4v) is 5.57. The Morgan fingerprint density at radius 2 is 2.06 bits per heavy atom. The van der Waals surface area contributed by atoms with Crippen LogP contribution in [-0.2, 0) is 11.3 Å². The summed E-state index contributed by atoms with van der Waals surface area (Å²) in [6.07, 6.45) is 3.97. The molecule has 1 aliphatic carbocycles. The van der Waals surface area contributed by atoms with E-state index >= 15 is 0 Å². The molecule has 1 saturated heterocycles. The first-order valence-electron chi connectivity index (χ1n) is 11.3.